The van der Waals surface area contributed by atoms with Gasteiger partial charge in [0.15, 0.2) is 5.96 Å². The minimum Gasteiger partial charge on any atom is -0.370 e. The first-order valence-corrected chi connectivity index (χ1v) is 8.83. The normalized spacial score (nSPS) is 12.7. The molecule has 1 aromatic carbocycles. The maximum absolute atomic E-state index is 4.29. The maximum Gasteiger partial charge on any atom is 0.191 e. The molecule has 124 valence electrons. The number of para-hydroxylation sites is 1. The number of aliphatic imine (C=N–C) groups is 1. The highest BCUT2D eigenvalue weighted by Gasteiger charge is 2.10. The van der Waals surface area contributed by atoms with Gasteiger partial charge in [-0.3, -0.25) is 4.99 Å². The van der Waals surface area contributed by atoms with Crippen LogP contribution >= 0.6 is 11.3 Å². The van der Waals surface area contributed by atoms with Crippen molar-refractivity contribution in [2.45, 2.75) is 19.4 Å². The molecule has 4 nitrogen and oxygen atoms in total. The third kappa shape index (κ3) is 5.60. The first-order valence-electron chi connectivity index (χ1n) is 7.95. The lowest BCUT2D eigenvalue weighted by molar-refractivity contribution is 0.648. The summed E-state index contributed by atoms with van der Waals surface area (Å²) in [5, 5.41) is 8.88. The minimum absolute atomic E-state index is 0.369. The second-order valence-corrected chi connectivity index (χ2v) is 6.54. The van der Waals surface area contributed by atoms with E-state index in [1.807, 2.05) is 13.1 Å². The lowest BCUT2D eigenvalue weighted by atomic mass is 10.2. The Bertz CT molecular complexity index is 580. The van der Waals surface area contributed by atoms with Gasteiger partial charge >= 0.3 is 0 Å². The Morgan fingerprint density at radius 1 is 1.17 bits per heavy atom. The average molecular weight is 331 g/mol. The van der Waals surface area contributed by atoms with Gasteiger partial charge in [-0.2, -0.15) is 0 Å². The highest BCUT2D eigenvalue weighted by molar-refractivity contribution is 7.09. The Balaban J connectivity index is 1.74. The molecule has 0 fully saturated rings. The number of rotatable bonds is 7. The number of thiophene rings is 1. The van der Waals surface area contributed by atoms with E-state index in [1.165, 1.54) is 10.6 Å². The van der Waals surface area contributed by atoms with Gasteiger partial charge < -0.3 is 15.5 Å². The molecule has 0 saturated heterocycles. The molecule has 23 heavy (non-hydrogen) atoms. The summed E-state index contributed by atoms with van der Waals surface area (Å²) in [5.41, 5.74) is 1.22. The highest BCUT2D eigenvalue weighted by atomic mass is 32.1. The fourth-order valence-corrected chi connectivity index (χ4v) is 2.99. The first-order chi connectivity index (χ1) is 11.2. The Labute approximate surface area is 143 Å². The zero-order valence-electron chi connectivity index (χ0n) is 14.1. The largest absolute Gasteiger partial charge is 0.370 e. The summed E-state index contributed by atoms with van der Waals surface area (Å²) in [5.74, 6) is 0.856. The maximum atomic E-state index is 4.29. The van der Waals surface area contributed by atoms with Crippen molar-refractivity contribution in [3.63, 3.8) is 0 Å². The quantitative estimate of drug-likeness (QED) is 0.606. The summed E-state index contributed by atoms with van der Waals surface area (Å²) in [7, 11) is 3.93. The molecule has 1 aromatic heterocycles. The molecule has 2 N–H and O–H groups in total. The standard InChI is InChI=1S/C18H26N4S/c1-15(22(3)16-8-5-4-6-9-16)14-21-18(19-2)20-12-11-17-10-7-13-23-17/h4-10,13,15H,11-12,14H2,1-3H3,(H2,19,20,21). The predicted molar refractivity (Wildman–Crippen MR) is 102 cm³/mol. The predicted octanol–water partition coefficient (Wildman–Crippen LogP) is 2.98. The highest BCUT2D eigenvalue weighted by Crippen LogP contribution is 2.13. The Morgan fingerprint density at radius 3 is 2.61 bits per heavy atom. The van der Waals surface area contributed by atoms with Crippen LogP contribution < -0.4 is 15.5 Å². The SMILES string of the molecule is CN=C(NCCc1cccs1)NCC(C)N(C)c1ccccc1. The fourth-order valence-electron chi connectivity index (χ4n) is 2.28. The number of nitrogens with zero attached hydrogens (tertiary/aromatic N) is 2. The summed E-state index contributed by atoms with van der Waals surface area (Å²) in [6, 6.07) is 15.1. The van der Waals surface area contributed by atoms with E-state index in [0.29, 0.717) is 6.04 Å². The van der Waals surface area contributed by atoms with Gasteiger partial charge in [0.1, 0.15) is 0 Å². The number of hydrogen-bond acceptors (Lipinski definition) is 3. The summed E-state index contributed by atoms with van der Waals surface area (Å²) in [4.78, 5) is 7.95. The number of nitrogens with one attached hydrogen (secondary N) is 2. The molecular formula is C18H26N4S. The first kappa shape index (κ1) is 17.3. The van der Waals surface area contributed by atoms with Crippen LogP contribution in [0.3, 0.4) is 0 Å². The van der Waals surface area contributed by atoms with Crippen LogP contribution in [0.25, 0.3) is 0 Å². The van der Waals surface area contributed by atoms with Crippen molar-refractivity contribution in [3.05, 3.63) is 52.7 Å². The van der Waals surface area contributed by atoms with E-state index in [2.05, 4.69) is 76.3 Å². The van der Waals surface area contributed by atoms with Gasteiger partial charge in [0.25, 0.3) is 0 Å². The van der Waals surface area contributed by atoms with E-state index in [0.717, 1.165) is 25.5 Å². The number of guanidine groups is 1. The molecular weight excluding hydrogens is 304 g/mol. The summed E-state index contributed by atoms with van der Waals surface area (Å²) >= 11 is 1.80. The van der Waals surface area contributed by atoms with Gasteiger partial charge in [-0.05, 0) is 36.9 Å². The molecule has 1 unspecified atom stereocenters. The monoisotopic (exact) mass is 330 g/mol. The van der Waals surface area contributed by atoms with Crippen LogP contribution in [0, 0.1) is 0 Å². The van der Waals surface area contributed by atoms with Gasteiger partial charge in [-0.1, -0.05) is 24.3 Å². The van der Waals surface area contributed by atoms with Crippen LogP contribution in [0.2, 0.25) is 0 Å². The van der Waals surface area contributed by atoms with Gasteiger partial charge in [0.05, 0.1) is 0 Å². The van der Waals surface area contributed by atoms with Crippen LogP contribution in [-0.4, -0.2) is 39.2 Å². The van der Waals surface area contributed by atoms with Crippen molar-refractivity contribution in [1.29, 1.82) is 0 Å². The van der Waals surface area contributed by atoms with Crippen molar-refractivity contribution in [2.24, 2.45) is 4.99 Å². The fraction of sp³-hybridized carbons (Fsp3) is 0.389. The Kier molecular flexibility index (Phi) is 6.94. The zero-order valence-corrected chi connectivity index (χ0v) is 14.9. The van der Waals surface area contributed by atoms with Crippen molar-refractivity contribution in [1.82, 2.24) is 10.6 Å². The molecule has 0 aliphatic carbocycles. The van der Waals surface area contributed by atoms with Crippen LogP contribution in [0.4, 0.5) is 5.69 Å². The summed E-state index contributed by atoms with van der Waals surface area (Å²) < 4.78 is 0. The van der Waals surface area contributed by atoms with E-state index in [9.17, 15) is 0 Å². The van der Waals surface area contributed by atoms with E-state index in [4.69, 9.17) is 0 Å². The second kappa shape index (κ2) is 9.20. The van der Waals surface area contributed by atoms with E-state index in [1.54, 1.807) is 11.3 Å². The molecule has 1 atom stereocenters. The molecule has 0 bridgehead atoms. The Hall–Kier alpha value is -2.01. The molecule has 0 saturated carbocycles. The molecule has 0 amide bonds. The van der Waals surface area contributed by atoms with Gasteiger partial charge in [-0.25, -0.2) is 0 Å². The molecule has 0 radical (unpaired) electrons. The van der Waals surface area contributed by atoms with Gasteiger partial charge in [0.2, 0.25) is 0 Å². The van der Waals surface area contributed by atoms with Gasteiger partial charge in [-0.15, -0.1) is 11.3 Å². The number of likely N-dealkylation sites (N-methyl/N-ethyl adjacent to an activating group) is 1. The Morgan fingerprint density at radius 2 is 1.96 bits per heavy atom. The minimum atomic E-state index is 0.369. The molecule has 0 spiro atoms. The summed E-state index contributed by atoms with van der Waals surface area (Å²) in [6.45, 7) is 3.94. The van der Waals surface area contributed by atoms with E-state index >= 15 is 0 Å². The third-order valence-corrected chi connectivity index (χ3v) is 4.79. The average Bonchev–Trinajstić information content (AvgIpc) is 3.11. The van der Waals surface area contributed by atoms with Crippen molar-refractivity contribution in [3.8, 4) is 0 Å². The second-order valence-electron chi connectivity index (χ2n) is 5.50. The smallest absolute Gasteiger partial charge is 0.191 e. The summed E-state index contributed by atoms with van der Waals surface area (Å²) in [6.07, 6.45) is 1.03. The molecule has 1 heterocycles. The topological polar surface area (TPSA) is 39.7 Å². The number of anilines is 1. The van der Waals surface area contributed by atoms with Crippen molar-refractivity contribution in [2.75, 3.05) is 32.1 Å². The molecule has 0 aliphatic rings. The lowest BCUT2D eigenvalue weighted by Gasteiger charge is -2.27. The van der Waals surface area contributed by atoms with Crippen LogP contribution in [-0.2, 0) is 6.42 Å². The lowest BCUT2D eigenvalue weighted by Crippen LogP contribution is -2.45. The molecule has 0 aliphatic heterocycles. The van der Waals surface area contributed by atoms with Crippen molar-refractivity contribution >= 4 is 23.0 Å². The molecule has 2 aromatic rings. The van der Waals surface area contributed by atoms with Crippen LogP contribution in [0.1, 0.15) is 11.8 Å². The number of hydrogen-bond donors (Lipinski definition) is 2. The third-order valence-electron chi connectivity index (χ3n) is 3.86. The molecule has 5 heteroatoms. The zero-order chi connectivity index (χ0) is 16.5. The van der Waals surface area contributed by atoms with Gasteiger partial charge in [0, 0.05) is 43.8 Å². The van der Waals surface area contributed by atoms with Crippen LogP contribution in [0.5, 0.6) is 0 Å². The van der Waals surface area contributed by atoms with E-state index in [-0.39, 0.29) is 0 Å². The van der Waals surface area contributed by atoms with Crippen LogP contribution in [0.15, 0.2) is 52.8 Å². The van der Waals surface area contributed by atoms with E-state index < -0.39 is 0 Å². The molecule has 2 rings (SSSR count). The number of benzene rings is 1. The van der Waals surface area contributed by atoms with Crippen molar-refractivity contribution < 1.29 is 0 Å².